The van der Waals surface area contributed by atoms with E-state index >= 15 is 0 Å². The number of nitrogens with one attached hydrogen (secondary N) is 1. The number of carbonyl (C=O) groups is 2. The van der Waals surface area contributed by atoms with Crippen molar-refractivity contribution in [2.75, 3.05) is 6.54 Å². The van der Waals surface area contributed by atoms with Crippen molar-refractivity contribution in [2.45, 2.75) is 18.5 Å². The van der Waals surface area contributed by atoms with E-state index in [1.807, 2.05) is 0 Å². The lowest BCUT2D eigenvalue weighted by Crippen LogP contribution is -2.44. The van der Waals surface area contributed by atoms with E-state index in [4.69, 9.17) is 0 Å². The molecule has 24 heavy (non-hydrogen) atoms. The Morgan fingerprint density at radius 2 is 1.79 bits per heavy atom. The van der Waals surface area contributed by atoms with E-state index in [-0.39, 0.29) is 6.54 Å². The van der Waals surface area contributed by atoms with E-state index in [9.17, 15) is 27.9 Å². The highest BCUT2D eigenvalue weighted by Crippen LogP contribution is 2.34. The summed E-state index contributed by atoms with van der Waals surface area (Å²) in [6, 6.07) is 8.20. The highest BCUT2D eigenvalue weighted by Gasteiger charge is 2.38. The zero-order valence-electron chi connectivity index (χ0n) is 12.6. The Labute approximate surface area is 139 Å². The van der Waals surface area contributed by atoms with E-state index in [2.05, 4.69) is 5.32 Å². The number of hydrogen-bond donors (Lipinski definition) is 2. The summed E-state index contributed by atoms with van der Waals surface area (Å²) in [7, 11) is 0. The number of aliphatic carboxylic acids is 1. The minimum Gasteiger partial charge on any atom is -0.481 e. The number of alkyl halides is 3. The number of carboxylic acids is 1. The molecule has 1 amide bonds. The van der Waals surface area contributed by atoms with Crippen LogP contribution in [0.1, 0.15) is 28.4 Å². The fourth-order valence-electron chi connectivity index (χ4n) is 2.15. The quantitative estimate of drug-likeness (QED) is 0.860. The fraction of sp³-hybridized carbons (Fsp3) is 0.250. The predicted molar refractivity (Wildman–Crippen MR) is 83.1 cm³/mol. The maximum Gasteiger partial charge on any atom is 0.417 e. The Kier molecular flexibility index (Phi) is 4.98. The van der Waals surface area contributed by atoms with Crippen molar-refractivity contribution in [3.63, 3.8) is 0 Å². The standard InChI is InChI=1S/C16H14F3NO3S/c1-15(14(22)23,10-5-3-2-4-6-10)9-20-13(21)11-7-24-8-12(11)16(17,18)19/h2-8H,9H2,1H3,(H,20,21)(H,22,23). The third-order valence-corrected chi connectivity index (χ3v) is 4.44. The lowest BCUT2D eigenvalue weighted by molar-refractivity contribution is -0.143. The molecule has 0 fully saturated rings. The molecule has 0 aliphatic heterocycles. The van der Waals surface area contributed by atoms with E-state index in [0.29, 0.717) is 5.56 Å². The summed E-state index contributed by atoms with van der Waals surface area (Å²) in [5.74, 6) is -2.14. The molecule has 0 bridgehead atoms. The van der Waals surface area contributed by atoms with Gasteiger partial charge < -0.3 is 10.4 Å². The Morgan fingerprint density at radius 1 is 1.17 bits per heavy atom. The first-order valence-corrected chi connectivity index (χ1v) is 7.81. The minimum absolute atomic E-state index is 0.335. The van der Waals surface area contributed by atoms with E-state index < -0.39 is 34.6 Å². The molecular formula is C16H14F3NO3S. The van der Waals surface area contributed by atoms with Crippen LogP contribution in [0.5, 0.6) is 0 Å². The SMILES string of the molecule is CC(CNC(=O)c1cscc1C(F)(F)F)(C(=O)O)c1ccccc1. The molecule has 0 aliphatic rings. The van der Waals surface area contributed by atoms with Crippen LogP contribution in [0.15, 0.2) is 41.1 Å². The van der Waals surface area contributed by atoms with Crippen LogP contribution >= 0.6 is 11.3 Å². The molecule has 1 aromatic heterocycles. The van der Waals surface area contributed by atoms with E-state index in [1.165, 1.54) is 6.92 Å². The van der Waals surface area contributed by atoms with Crippen molar-refractivity contribution in [2.24, 2.45) is 0 Å². The second-order valence-corrected chi connectivity index (χ2v) is 6.13. The van der Waals surface area contributed by atoms with Gasteiger partial charge in [0.2, 0.25) is 0 Å². The van der Waals surface area contributed by atoms with Gasteiger partial charge in [-0.2, -0.15) is 24.5 Å². The van der Waals surface area contributed by atoms with Gasteiger partial charge in [0.05, 0.1) is 11.1 Å². The number of hydrogen-bond acceptors (Lipinski definition) is 3. The number of rotatable bonds is 5. The van der Waals surface area contributed by atoms with Gasteiger partial charge in [0.1, 0.15) is 5.41 Å². The second kappa shape index (κ2) is 6.64. The van der Waals surface area contributed by atoms with E-state index in [0.717, 1.165) is 22.1 Å². The van der Waals surface area contributed by atoms with Crippen LogP contribution in [0, 0.1) is 0 Å². The largest absolute Gasteiger partial charge is 0.481 e. The first-order chi connectivity index (χ1) is 11.2. The average Bonchev–Trinajstić information content (AvgIpc) is 3.03. The molecule has 0 saturated carbocycles. The number of benzene rings is 1. The topological polar surface area (TPSA) is 66.4 Å². The summed E-state index contributed by atoms with van der Waals surface area (Å²) in [6.07, 6.45) is -4.64. The number of amides is 1. The normalized spacial score (nSPS) is 14.0. The maximum absolute atomic E-state index is 12.8. The van der Waals surface area contributed by atoms with Crippen LogP contribution in [0.25, 0.3) is 0 Å². The van der Waals surface area contributed by atoms with Gasteiger partial charge in [-0.1, -0.05) is 30.3 Å². The van der Waals surface area contributed by atoms with Gasteiger partial charge in [-0.15, -0.1) is 0 Å². The molecule has 128 valence electrons. The van der Waals surface area contributed by atoms with Crippen LogP contribution in [0.4, 0.5) is 13.2 Å². The molecule has 1 heterocycles. The molecule has 0 spiro atoms. The number of carboxylic acid groups (broad SMARTS) is 1. The van der Waals surface area contributed by atoms with Gasteiger partial charge in [0.25, 0.3) is 5.91 Å². The molecule has 2 rings (SSSR count). The number of thiophene rings is 1. The molecule has 1 unspecified atom stereocenters. The summed E-state index contributed by atoms with van der Waals surface area (Å²) < 4.78 is 38.5. The first-order valence-electron chi connectivity index (χ1n) is 6.87. The van der Waals surface area contributed by atoms with Gasteiger partial charge in [0.15, 0.2) is 0 Å². The zero-order chi connectivity index (χ0) is 18.0. The molecule has 4 nitrogen and oxygen atoms in total. The first kappa shape index (κ1) is 18.0. The van der Waals surface area contributed by atoms with Crippen LogP contribution in [-0.4, -0.2) is 23.5 Å². The fourth-order valence-corrected chi connectivity index (χ4v) is 2.99. The van der Waals surface area contributed by atoms with Gasteiger partial charge in [0, 0.05) is 17.3 Å². The Bertz CT molecular complexity index is 743. The smallest absolute Gasteiger partial charge is 0.417 e. The average molecular weight is 357 g/mol. The molecular weight excluding hydrogens is 343 g/mol. The van der Waals surface area contributed by atoms with Crippen molar-refractivity contribution in [1.29, 1.82) is 0 Å². The maximum atomic E-state index is 12.8. The summed E-state index contributed by atoms with van der Waals surface area (Å²) in [6.45, 7) is 1.07. The highest BCUT2D eigenvalue weighted by molar-refractivity contribution is 7.08. The van der Waals surface area contributed by atoms with Gasteiger partial charge >= 0.3 is 12.1 Å². The number of halogens is 3. The summed E-state index contributed by atoms with van der Waals surface area (Å²) in [4.78, 5) is 23.7. The van der Waals surface area contributed by atoms with Crippen LogP contribution in [0.3, 0.4) is 0 Å². The molecule has 0 saturated heterocycles. The predicted octanol–water partition coefficient (Wildman–Crippen LogP) is 3.54. The van der Waals surface area contributed by atoms with E-state index in [1.54, 1.807) is 30.3 Å². The molecule has 1 aromatic carbocycles. The summed E-state index contributed by atoms with van der Waals surface area (Å²) >= 11 is 0.760. The van der Waals surface area contributed by atoms with Gasteiger partial charge in [-0.05, 0) is 12.5 Å². The van der Waals surface area contributed by atoms with Crippen molar-refractivity contribution in [3.05, 3.63) is 57.8 Å². The highest BCUT2D eigenvalue weighted by atomic mass is 32.1. The molecule has 2 aromatic rings. The second-order valence-electron chi connectivity index (χ2n) is 5.38. The van der Waals surface area contributed by atoms with Crippen molar-refractivity contribution in [3.8, 4) is 0 Å². The monoisotopic (exact) mass is 357 g/mol. The molecule has 0 aliphatic carbocycles. The summed E-state index contributed by atoms with van der Waals surface area (Å²) in [5.41, 5.74) is -2.54. The lowest BCUT2D eigenvalue weighted by atomic mass is 9.82. The summed E-state index contributed by atoms with van der Waals surface area (Å²) in [5, 5.41) is 13.7. The lowest BCUT2D eigenvalue weighted by Gasteiger charge is -2.25. The van der Waals surface area contributed by atoms with Gasteiger partial charge in [-0.25, -0.2) is 0 Å². The zero-order valence-corrected chi connectivity index (χ0v) is 13.4. The van der Waals surface area contributed by atoms with Crippen molar-refractivity contribution >= 4 is 23.2 Å². The Hall–Kier alpha value is -2.35. The van der Waals surface area contributed by atoms with Crippen molar-refractivity contribution < 1.29 is 27.9 Å². The van der Waals surface area contributed by atoms with Crippen LogP contribution < -0.4 is 5.32 Å². The number of carbonyl (C=O) groups excluding carboxylic acids is 1. The minimum atomic E-state index is -4.64. The Balaban J connectivity index is 2.21. The molecule has 8 heteroatoms. The van der Waals surface area contributed by atoms with Gasteiger partial charge in [-0.3, -0.25) is 9.59 Å². The van der Waals surface area contributed by atoms with Crippen molar-refractivity contribution in [1.82, 2.24) is 5.32 Å². The van der Waals surface area contributed by atoms with Crippen LogP contribution in [-0.2, 0) is 16.4 Å². The van der Waals surface area contributed by atoms with Crippen LogP contribution in [0.2, 0.25) is 0 Å². The molecule has 1 atom stereocenters. The Morgan fingerprint density at radius 3 is 2.33 bits per heavy atom. The molecule has 2 N–H and O–H groups in total. The third-order valence-electron chi connectivity index (χ3n) is 3.70. The molecule has 0 radical (unpaired) electrons. The third kappa shape index (κ3) is 3.59.